The molecule has 0 bridgehead atoms. The van der Waals surface area contributed by atoms with E-state index in [4.69, 9.17) is 15.2 Å². The lowest BCUT2D eigenvalue weighted by molar-refractivity contribution is 0.152. The Labute approximate surface area is 115 Å². The minimum Gasteiger partial charge on any atom is -0.493 e. The number of methoxy groups -OCH3 is 1. The molecule has 0 saturated carbocycles. The highest BCUT2D eigenvalue weighted by Gasteiger charge is 2.16. The summed E-state index contributed by atoms with van der Waals surface area (Å²) in [5, 5.41) is 0. The van der Waals surface area contributed by atoms with Crippen LogP contribution in [0.15, 0.2) is 18.2 Å². The van der Waals surface area contributed by atoms with E-state index in [1.807, 2.05) is 18.2 Å². The summed E-state index contributed by atoms with van der Waals surface area (Å²) in [6.07, 6.45) is 2.64. The number of nitrogen functional groups attached to an aromatic ring is 1. The van der Waals surface area contributed by atoms with E-state index in [0.717, 1.165) is 24.0 Å². The third-order valence-corrected chi connectivity index (χ3v) is 3.59. The second-order valence-electron chi connectivity index (χ2n) is 5.31. The van der Waals surface area contributed by atoms with E-state index in [0.29, 0.717) is 12.3 Å². The van der Waals surface area contributed by atoms with Gasteiger partial charge >= 0.3 is 0 Å². The molecule has 1 fully saturated rings. The Hall–Kier alpha value is -1.42. The summed E-state index contributed by atoms with van der Waals surface area (Å²) in [6.45, 7) is 6.31. The average Bonchev–Trinajstić information content (AvgIpc) is 2.39. The van der Waals surface area contributed by atoms with Gasteiger partial charge in [-0.25, -0.2) is 0 Å². The monoisotopic (exact) mass is 264 g/mol. The molecule has 0 spiro atoms. The van der Waals surface area contributed by atoms with Crippen molar-refractivity contribution < 1.29 is 9.47 Å². The summed E-state index contributed by atoms with van der Waals surface area (Å²) >= 11 is 0. The van der Waals surface area contributed by atoms with Crippen LogP contribution >= 0.6 is 0 Å². The first-order valence-electron chi connectivity index (χ1n) is 6.97. The van der Waals surface area contributed by atoms with Gasteiger partial charge in [0.25, 0.3) is 0 Å². The molecule has 0 aromatic heterocycles. The van der Waals surface area contributed by atoms with Gasteiger partial charge in [0.2, 0.25) is 0 Å². The van der Waals surface area contributed by atoms with Crippen LogP contribution in [0, 0.1) is 5.92 Å². The van der Waals surface area contributed by atoms with Crippen LogP contribution in [0.4, 0.5) is 5.69 Å². The summed E-state index contributed by atoms with van der Waals surface area (Å²) in [6, 6.07) is 5.48. The molecule has 2 rings (SSSR count). The normalized spacial score (nSPS) is 20.2. The Morgan fingerprint density at radius 2 is 2.21 bits per heavy atom. The molecule has 0 radical (unpaired) electrons. The molecule has 1 aliphatic heterocycles. The molecule has 1 aromatic rings. The number of hydrogen-bond acceptors (Lipinski definition) is 4. The number of anilines is 1. The van der Waals surface area contributed by atoms with Crippen LogP contribution in [0.3, 0.4) is 0 Å². The van der Waals surface area contributed by atoms with E-state index in [1.54, 1.807) is 7.11 Å². The lowest BCUT2D eigenvalue weighted by Crippen LogP contribution is -2.37. The molecule has 1 heterocycles. The van der Waals surface area contributed by atoms with E-state index in [9.17, 15) is 0 Å². The first kappa shape index (κ1) is 14.0. The van der Waals surface area contributed by atoms with Gasteiger partial charge in [-0.15, -0.1) is 0 Å². The molecule has 106 valence electrons. The molecular weight excluding hydrogens is 240 g/mol. The average molecular weight is 264 g/mol. The van der Waals surface area contributed by atoms with Gasteiger partial charge in [0.1, 0.15) is 6.61 Å². The fourth-order valence-corrected chi connectivity index (χ4v) is 2.58. The van der Waals surface area contributed by atoms with Crippen LogP contribution < -0.4 is 15.2 Å². The van der Waals surface area contributed by atoms with Crippen molar-refractivity contribution in [1.82, 2.24) is 4.90 Å². The summed E-state index contributed by atoms with van der Waals surface area (Å²) in [5.74, 6) is 2.27. The summed E-state index contributed by atoms with van der Waals surface area (Å²) in [5.41, 5.74) is 6.47. The number of rotatable bonds is 5. The van der Waals surface area contributed by atoms with Gasteiger partial charge in [-0.3, -0.25) is 4.90 Å². The fraction of sp³-hybridized carbons (Fsp3) is 0.600. The van der Waals surface area contributed by atoms with E-state index in [-0.39, 0.29) is 0 Å². The zero-order valence-electron chi connectivity index (χ0n) is 11.9. The molecule has 2 N–H and O–H groups in total. The molecule has 19 heavy (non-hydrogen) atoms. The summed E-state index contributed by atoms with van der Waals surface area (Å²) < 4.78 is 11.1. The van der Waals surface area contributed by atoms with Crippen molar-refractivity contribution in [2.24, 2.45) is 5.92 Å². The van der Waals surface area contributed by atoms with Crippen LogP contribution in [0.2, 0.25) is 0 Å². The van der Waals surface area contributed by atoms with Crippen molar-refractivity contribution in [1.29, 1.82) is 0 Å². The predicted octanol–water partition coefficient (Wildman–Crippen LogP) is 2.39. The smallest absolute Gasteiger partial charge is 0.163 e. The second-order valence-corrected chi connectivity index (χ2v) is 5.31. The first-order chi connectivity index (χ1) is 9.19. The minimum atomic E-state index is 0.673. The number of piperidine rings is 1. The molecule has 0 amide bonds. The van der Waals surface area contributed by atoms with Crippen molar-refractivity contribution in [2.75, 3.05) is 39.1 Å². The molecular formula is C15H24N2O2. The third-order valence-electron chi connectivity index (χ3n) is 3.59. The highest BCUT2D eigenvalue weighted by atomic mass is 16.5. The van der Waals surface area contributed by atoms with Gasteiger partial charge in [-0.1, -0.05) is 6.92 Å². The summed E-state index contributed by atoms with van der Waals surface area (Å²) in [4.78, 5) is 2.47. The number of nitrogens with two attached hydrogens (primary N) is 1. The van der Waals surface area contributed by atoms with Gasteiger partial charge in [-0.2, -0.15) is 0 Å². The van der Waals surface area contributed by atoms with Gasteiger partial charge in [0.05, 0.1) is 7.11 Å². The van der Waals surface area contributed by atoms with E-state index in [1.165, 1.54) is 25.9 Å². The van der Waals surface area contributed by atoms with Crippen molar-refractivity contribution in [3.63, 3.8) is 0 Å². The Morgan fingerprint density at radius 3 is 2.95 bits per heavy atom. The van der Waals surface area contributed by atoms with E-state index >= 15 is 0 Å². The highest BCUT2D eigenvalue weighted by molar-refractivity contribution is 5.51. The van der Waals surface area contributed by atoms with E-state index < -0.39 is 0 Å². The van der Waals surface area contributed by atoms with Gasteiger partial charge in [0, 0.05) is 24.8 Å². The van der Waals surface area contributed by atoms with Crippen LogP contribution in [-0.4, -0.2) is 38.3 Å². The summed E-state index contributed by atoms with van der Waals surface area (Å²) in [7, 11) is 1.64. The quantitative estimate of drug-likeness (QED) is 0.830. The number of hydrogen-bond donors (Lipinski definition) is 1. The highest BCUT2D eigenvalue weighted by Crippen LogP contribution is 2.29. The number of nitrogens with zero attached hydrogens (tertiary/aromatic N) is 1. The predicted molar refractivity (Wildman–Crippen MR) is 77.7 cm³/mol. The lowest BCUT2D eigenvalue weighted by atomic mass is 10.0. The first-order valence-corrected chi connectivity index (χ1v) is 6.97. The van der Waals surface area contributed by atoms with Gasteiger partial charge in [-0.05, 0) is 37.4 Å². The number of benzene rings is 1. The molecule has 0 aliphatic carbocycles. The Kier molecular flexibility index (Phi) is 4.91. The SMILES string of the molecule is COc1ccc(N)cc1OCCN1CCCC(C)C1. The Morgan fingerprint density at radius 1 is 1.37 bits per heavy atom. The van der Waals surface area contributed by atoms with Crippen molar-refractivity contribution in [3.8, 4) is 11.5 Å². The van der Waals surface area contributed by atoms with Crippen LogP contribution in [0.1, 0.15) is 19.8 Å². The Bertz CT molecular complexity index is 409. The van der Waals surface area contributed by atoms with Crippen molar-refractivity contribution in [2.45, 2.75) is 19.8 Å². The van der Waals surface area contributed by atoms with Gasteiger partial charge in [0.15, 0.2) is 11.5 Å². The van der Waals surface area contributed by atoms with Gasteiger partial charge < -0.3 is 15.2 Å². The largest absolute Gasteiger partial charge is 0.493 e. The van der Waals surface area contributed by atoms with E-state index in [2.05, 4.69) is 11.8 Å². The maximum atomic E-state index is 5.80. The fourth-order valence-electron chi connectivity index (χ4n) is 2.58. The van der Waals surface area contributed by atoms with Crippen molar-refractivity contribution in [3.05, 3.63) is 18.2 Å². The maximum absolute atomic E-state index is 5.80. The van der Waals surface area contributed by atoms with Crippen molar-refractivity contribution >= 4 is 5.69 Å². The molecule has 1 atom stereocenters. The molecule has 4 nitrogen and oxygen atoms in total. The second kappa shape index (κ2) is 6.66. The maximum Gasteiger partial charge on any atom is 0.163 e. The van der Waals surface area contributed by atoms with Crippen LogP contribution in [-0.2, 0) is 0 Å². The standard InChI is InChI=1S/C15H24N2O2/c1-12-4-3-7-17(11-12)8-9-19-15-10-13(16)5-6-14(15)18-2/h5-6,10,12H,3-4,7-9,11,16H2,1-2H3. The molecule has 4 heteroatoms. The molecule has 1 saturated heterocycles. The van der Waals surface area contributed by atoms with Crippen LogP contribution in [0.5, 0.6) is 11.5 Å². The molecule has 1 aliphatic rings. The van der Waals surface area contributed by atoms with Crippen LogP contribution in [0.25, 0.3) is 0 Å². The minimum absolute atomic E-state index is 0.673. The Balaban J connectivity index is 1.83. The zero-order valence-corrected chi connectivity index (χ0v) is 11.9. The topological polar surface area (TPSA) is 47.7 Å². The number of ether oxygens (including phenoxy) is 2. The molecule has 1 unspecified atom stereocenters. The molecule has 1 aromatic carbocycles. The number of likely N-dealkylation sites (tertiary alicyclic amines) is 1. The zero-order chi connectivity index (χ0) is 13.7. The third kappa shape index (κ3) is 4.03. The lowest BCUT2D eigenvalue weighted by Gasteiger charge is -2.30.